The summed E-state index contributed by atoms with van der Waals surface area (Å²) in [5.74, 6) is -1.80. The molecule has 29 heavy (non-hydrogen) atoms. The van der Waals surface area contributed by atoms with Gasteiger partial charge in [0.1, 0.15) is 18.2 Å². The quantitative estimate of drug-likeness (QED) is 0.643. The van der Waals surface area contributed by atoms with Crippen LogP contribution in [0.1, 0.15) is 11.1 Å². The number of ether oxygens (including phenoxy) is 2. The van der Waals surface area contributed by atoms with E-state index in [1.807, 2.05) is 6.07 Å². The minimum atomic E-state index is -0.881. The number of anilines is 1. The first-order valence-electron chi connectivity index (χ1n) is 8.63. The Balaban J connectivity index is 1.54. The molecule has 5 nitrogen and oxygen atoms in total. The highest BCUT2D eigenvalue weighted by atomic mass is 19.1. The van der Waals surface area contributed by atoms with E-state index in [0.29, 0.717) is 23.1 Å². The zero-order valence-corrected chi connectivity index (χ0v) is 15.2. The third-order valence-corrected chi connectivity index (χ3v) is 3.83. The lowest BCUT2D eigenvalue weighted by molar-refractivity contribution is -0.118. The summed E-state index contributed by atoms with van der Waals surface area (Å²) in [7, 11) is 0. The lowest BCUT2D eigenvalue weighted by Gasteiger charge is -2.10. The van der Waals surface area contributed by atoms with Gasteiger partial charge in [-0.2, -0.15) is 5.26 Å². The molecule has 0 aliphatic carbocycles. The number of amides is 1. The first kappa shape index (κ1) is 19.8. The second-order valence-corrected chi connectivity index (χ2v) is 6.04. The number of benzene rings is 3. The van der Waals surface area contributed by atoms with Gasteiger partial charge in [-0.15, -0.1) is 0 Å². The summed E-state index contributed by atoms with van der Waals surface area (Å²) in [5, 5.41) is 11.5. The van der Waals surface area contributed by atoms with Crippen molar-refractivity contribution >= 4 is 11.6 Å². The summed E-state index contributed by atoms with van der Waals surface area (Å²) in [5.41, 5.74) is 1.86. The first-order valence-corrected chi connectivity index (χ1v) is 8.63. The van der Waals surface area contributed by atoms with Crippen molar-refractivity contribution in [3.8, 4) is 17.6 Å². The Morgan fingerprint density at radius 3 is 2.62 bits per heavy atom. The van der Waals surface area contributed by atoms with Crippen LogP contribution >= 0.6 is 0 Å². The van der Waals surface area contributed by atoms with Crippen LogP contribution in [0.5, 0.6) is 11.5 Å². The number of nitrogens with one attached hydrogen (secondary N) is 1. The topological polar surface area (TPSA) is 71.3 Å². The van der Waals surface area contributed by atoms with Crippen LogP contribution in [-0.4, -0.2) is 12.5 Å². The maximum Gasteiger partial charge on any atom is 0.262 e. The van der Waals surface area contributed by atoms with E-state index in [-0.39, 0.29) is 12.4 Å². The third-order valence-electron chi connectivity index (χ3n) is 3.83. The van der Waals surface area contributed by atoms with Crippen LogP contribution in [0, 0.1) is 23.0 Å². The number of hydrogen-bond acceptors (Lipinski definition) is 4. The van der Waals surface area contributed by atoms with E-state index < -0.39 is 24.1 Å². The van der Waals surface area contributed by atoms with E-state index in [0.717, 1.165) is 17.7 Å². The minimum Gasteiger partial charge on any atom is -0.489 e. The average molecular weight is 394 g/mol. The predicted octanol–water partition coefficient (Wildman–Crippen LogP) is 4.43. The Morgan fingerprint density at radius 1 is 1.00 bits per heavy atom. The Morgan fingerprint density at radius 2 is 1.83 bits per heavy atom. The number of halogens is 2. The van der Waals surface area contributed by atoms with Crippen LogP contribution < -0.4 is 14.8 Å². The smallest absolute Gasteiger partial charge is 0.262 e. The van der Waals surface area contributed by atoms with Gasteiger partial charge >= 0.3 is 0 Å². The van der Waals surface area contributed by atoms with Gasteiger partial charge in [-0.25, -0.2) is 8.78 Å². The molecule has 0 heterocycles. The summed E-state index contributed by atoms with van der Waals surface area (Å²) in [6.07, 6.45) is 0. The van der Waals surface area contributed by atoms with Gasteiger partial charge < -0.3 is 14.8 Å². The maximum absolute atomic E-state index is 13.5. The van der Waals surface area contributed by atoms with Gasteiger partial charge in [-0.05, 0) is 42.0 Å². The first-order chi connectivity index (χ1) is 14.0. The maximum atomic E-state index is 13.5. The zero-order valence-electron chi connectivity index (χ0n) is 15.2. The van der Waals surface area contributed by atoms with Gasteiger partial charge in [0.2, 0.25) is 0 Å². The summed E-state index contributed by atoms with van der Waals surface area (Å²) in [6.45, 7) is -0.172. The number of carbonyl (C=O) groups is 1. The highest BCUT2D eigenvalue weighted by molar-refractivity contribution is 5.92. The second-order valence-electron chi connectivity index (χ2n) is 6.04. The van der Waals surface area contributed by atoms with Gasteiger partial charge in [0.05, 0.1) is 11.6 Å². The number of hydrogen-bond donors (Lipinski definition) is 1. The Kier molecular flexibility index (Phi) is 6.38. The van der Waals surface area contributed by atoms with Crippen molar-refractivity contribution in [3.63, 3.8) is 0 Å². The molecular formula is C22H16F2N2O3. The summed E-state index contributed by atoms with van der Waals surface area (Å²) in [4.78, 5) is 12.0. The molecule has 146 valence electrons. The molecule has 0 radical (unpaired) electrons. The fraction of sp³-hybridized carbons (Fsp3) is 0.0909. The molecule has 0 fully saturated rings. The SMILES string of the molecule is N#Cc1cccc(COc2cccc(NC(=O)COc3ccc(F)cc3F)c2)c1. The normalized spacial score (nSPS) is 10.1. The Bertz CT molecular complexity index is 1060. The second kappa shape index (κ2) is 9.33. The lowest BCUT2D eigenvalue weighted by atomic mass is 10.1. The van der Waals surface area contributed by atoms with E-state index in [1.165, 1.54) is 0 Å². The number of nitriles is 1. The fourth-order valence-corrected chi connectivity index (χ4v) is 2.49. The molecule has 0 unspecified atom stereocenters. The molecule has 0 saturated carbocycles. The highest BCUT2D eigenvalue weighted by Gasteiger charge is 2.09. The van der Waals surface area contributed by atoms with Crippen LogP contribution in [0.15, 0.2) is 66.7 Å². The van der Waals surface area contributed by atoms with Gasteiger partial charge in [0.15, 0.2) is 18.2 Å². The van der Waals surface area contributed by atoms with Crippen molar-refractivity contribution in [2.75, 3.05) is 11.9 Å². The molecule has 0 bridgehead atoms. The van der Waals surface area contributed by atoms with Crippen molar-refractivity contribution in [3.05, 3.63) is 89.5 Å². The fourth-order valence-electron chi connectivity index (χ4n) is 2.49. The molecule has 0 saturated heterocycles. The molecule has 0 spiro atoms. The van der Waals surface area contributed by atoms with Gasteiger partial charge in [0.25, 0.3) is 5.91 Å². The summed E-state index contributed by atoms with van der Waals surface area (Å²) < 4.78 is 37.2. The molecule has 0 aromatic heterocycles. The summed E-state index contributed by atoms with van der Waals surface area (Å²) in [6, 6.07) is 18.7. The largest absolute Gasteiger partial charge is 0.489 e. The molecule has 0 atom stereocenters. The van der Waals surface area contributed by atoms with Crippen molar-refractivity contribution in [1.82, 2.24) is 0 Å². The van der Waals surface area contributed by atoms with Crippen molar-refractivity contribution in [2.24, 2.45) is 0 Å². The van der Waals surface area contributed by atoms with E-state index in [9.17, 15) is 13.6 Å². The van der Waals surface area contributed by atoms with Gasteiger partial charge in [-0.3, -0.25) is 4.79 Å². The molecular weight excluding hydrogens is 378 g/mol. The van der Waals surface area contributed by atoms with Crippen molar-refractivity contribution in [2.45, 2.75) is 6.61 Å². The van der Waals surface area contributed by atoms with Crippen molar-refractivity contribution in [1.29, 1.82) is 5.26 Å². The Labute approximate surface area is 166 Å². The minimum absolute atomic E-state index is 0.210. The van der Waals surface area contributed by atoms with Gasteiger partial charge in [-0.1, -0.05) is 18.2 Å². The standard InChI is InChI=1S/C22H16F2N2O3/c23-17-7-8-21(20(24)10-17)29-14-22(27)26-18-5-2-6-19(11-18)28-13-16-4-1-3-15(9-16)12-25/h1-11H,13-14H2,(H,26,27). The number of rotatable bonds is 7. The van der Waals surface area contributed by atoms with Gasteiger partial charge in [0, 0.05) is 17.8 Å². The molecule has 3 aromatic carbocycles. The molecule has 0 aliphatic rings. The van der Waals surface area contributed by atoms with Crippen LogP contribution in [0.3, 0.4) is 0 Å². The van der Waals surface area contributed by atoms with Crippen LogP contribution in [0.2, 0.25) is 0 Å². The molecule has 0 aliphatic heterocycles. The van der Waals surface area contributed by atoms with E-state index in [2.05, 4.69) is 11.4 Å². The number of carbonyl (C=O) groups excluding carboxylic acids is 1. The van der Waals surface area contributed by atoms with E-state index in [1.54, 1.807) is 42.5 Å². The van der Waals surface area contributed by atoms with E-state index in [4.69, 9.17) is 14.7 Å². The zero-order chi connectivity index (χ0) is 20.6. The van der Waals surface area contributed by atoms with Crippen LogP contribution in [0.25, 0.3) is 0 Å². The molecule has 1 amide bonds. The number of nitrogens with zero attached hydrogens (tertiary/aromatic N) is 1. The Hall–Kier alpha value is -3.92. The lowest BCUT2D eigenvalue weighted by Crippen LogP contribution is -2.20. The molecule has 7 heteroatoms. The third kappa shape index (κ3) is 5.78. The molecule has 1 N–H and O–H groups in total. The van der Waals surface area contributed by atoms with Crippen LogP contribution in [-0.2, 0) is 11.4 Å². The average Bonchev–Trinajstić information content (AvgIpc) is 2.72. The summed E-state index contributed by atoms with van der Waals surface area (Å²) >= 11 is 0. The van der Waals surface area contributed by atoms with Crippen molar-refractivity contribution < 1.29 is 23.0 Å². The highest BCUT2D eigenvalue weighted by Crippen LogP contribution is 2.20. The van der Waals surface area contributed by atoms with Crippen LogP contribution in [0.4, 0.5) is 14.5 Å². The molecule has 3 aromatic rings. The monoisotopic (exact) mass is 394 g/mol. The molecule has 3 rings (SSSR count). The predicted molar refractivity (Wildman–Crippen MR) is 102 cm³/mol. The van der Waals surface area contributed by atoms with E-state index >= 15 is 0 Å².